The number of hydrogen-bond donors (Lipinski definition) is 0. The molecule has 74 valence electrons. The predicted molar refractivity (Wildman–Crippen MR) is 58.6 cm³/mol. The highest BCUT2D eigenvalue weighted by Gasteiger charge is 1.98. The Labute approximate surface area is 84.7 Å². The van der Waals surface area contributed by atoms with Crippen molar-refractivity contribution >= 4 is 12.1 Å². The SMILES string of the molecule is CCCC=NC(=O)Cc1ccccc1. The second-order valence-corrected chi connectivity index (χ2v) is 3.16. The molecule has 0 heterocycles. The quantitative estimate of drug-likeness (QED) is 0.669. The van der Waals surface area contributed by atoms with E-state index >= 15 is 0 Å². The van der Waals surface area contributed by atoms with E-state index in [1.807, 2.05) is 30.3 Å². The van der Waals surface area contributed by atoms with Crippen LogP contribution in [-0.4, -0.2) is 12.1 Å². The summed E-state index contributed by atoms with van der Waals surface area (Å²) in [5.41, 5.74) is 1.02. The van der Waals surface area contributed by atoms with Crippen molar-refractivity contribution in [2.45, 2.75) is 26.2 Å². The number of hydrogen-bond acceptors (Lipinski definition) is 1. The lowest BCUT2D eigenvalue weighted by Gasteiger charge is -1.95. The molecule has 0 aliphatic carbocycles. The first-order valence-corrected chi connectivity index (χ1v) is 4.92. The summed E-state index contributed by atoms with van der Waals surface area (Å²) in [6, 6.07) is 9.67. The third-order valence-electron chi connectivity index (χ3n) is 1.85. The molecule has 2 heteroatoms. The maximum atomic E-state index is 11.3. The lowest BCUT2D eigenvalue weighted by molar-refractivity contribution is -0.117. The Morgan fingerprint density at radius 1 is 1.36 bits per heavy atom. The lowest BCUT2D eigenvalue weighted by atomic mass is 10.1. The molecule has 0 radical (unpaired) electrons. The van der Waals surface area contributed by atoms with E-state index in [0.717, 1.165) is 18.4 Å². The highest BCUT2D eigenvalue weighted by Crippen LogP contribution is 2.00. The van der Waals surface area contributed by atoms with Crippen LogP contribution in [0.4, 0.5) is 0 Å². The van der Waals surface area contributed by atoms with Crippen molar-refractivity contribution in [3.63, 3.8) is 0 Å². The molecule has 1 aromatic carbocycles. The molecule has 0 aliphatic heterocycles. The van der Waals surface area contributed by atoms with Crippen LogP contribution in [0.15, 0.2) is 35.3 Å². The zero-order chi connectivity index (χ0) is 10.2. The number of unbranched alkanes of at least 4 members (excludes halogenated alkanes) is 1. The number of carbonyl (C=O) groups excluding carboxylic acids is 1. The number of rotatable bonds is 4. The van der Waals surface area contributed by atoms with Crippen LogP contribution in [0.1, 0.15) is 25.3 Å². The Morgan fingerprint density at radius 2 is 2.07 bits per heavy atom. The van der Waals surface area contributed by atoms with Gasteiger partial charge in [-0.1, -0.05) is 43.7 Å². The molecular weight excluding hydrogens is 174 g/mol. The largest absolute Gasteiger partial charge is 0.272 e. The van der Waals surface area contributed by atoms with Crippen molar-refractivity contribution < 1.29 is 4.79 Å². The molecule has 0 bridgehead atoms. The number of amides is 1. The summed E-state index contributed by atoms with van der Waals surface area (Å²) in [4.78, 5) is 15.1. The van der Waals surface area contributed by atoms with Crippen molar-refractivity contribution in [1.29, 1.82) is 0 Å². The van der Waals surface area contributed by atoms with E-state index in [2.05, 4.69) is 11.9 Å². The van der Waals surface area contributed by atoms with Gasteiger partial charge in [-0.2, -0.15) is 0 Å². The minimum atomic E-state index is -0.0651. The third kappa shape index (κ3) is 3.99. The van der Waals surface area contributed by atoms with E-state index in [4.69, 9.17) is 0 Å². The summed E-state index contributed by atoms with van der Waals surface area (Å²) in [6.45, 7) is 2.06. The van der Waals surface area contributed by atoms with E-state index in [0.29, 0.717) is 6.42 Å². The summed E-state index contributed by atoms with van der Waals surface area (Å²) in [7, 11) is 0. The molecule has 0 aromatic heterocycles. The van der Waals surface area contributed by atoms with Gasteiger partial charge in [0.15, 0.2) is 0 Å². The van der Waals surface area contributed by atoms with Crippen molar-refractivity contribution in [2.24, 2.45) is 4.99 Å². The summed E-state index contributed by atoms with van der Waals surface area (Å²) in [6.07, 6.45) is 4.01. The molecule has 0 atom stereocenters. The molecule has 1 amide bonds. The Balaban J connectivity index is 2.42. The smallest absolute Gasteiger partial charge is 0.249 e. The first kappa shape index (κ1) is 10.6. The number of carbonyl (C=O) groups is 1. The number of aliphatic imine (C=N–C) groups is 1. The fourth-order valence-electron chi connectivity index (χ4n) is 1.11. The molecule has 0 spiro atoms. The summed E-state index contributed by atoms with van der Waals surface area (Å²) in [5, 5.41) is 0. The molecule has 0 unspecified atom stereocenters. The number of benzene rings is 1. The van der Waals surface area contributed by atoms with Gasteiger partial charge in [0, 0.05) is 6.21 Å². The monoisotopic (exact) mass is 189 g/mol. The van der Waals surface area contributed by atoms with E-state index in [9.17, 15) is 4.79 Å². The predicted octanol–water partition coefficient (Wildman–Crippen LogP) is 2.63. The zero-order valence-electron chi connectivity index (χ0n) is 8.44. The first-order chi connectivity index (χ1) is 6.83. The fourth-order valence-corrected chi connectivity index (χ4v) is 1.11. The van der Waals surface area contributed by atoms with Crippen molar-refractivity contribution in [3.05, 3.63) is 35.9 Å². The highest BCUT2D eigenvalue weighted by molar-refractivity contribution is 5.86. The standard InChI is InChI=1S/C12H15NO/c1-2-3-9-13-12(14)10-11-7-5-4-6-8-11/h4-9H,2-3,10H2,1H3. The Kier molecular flexibility index (Phi) is 4.62. The van der Waals surface area contributed by atoms with E-state index < -0.39 is 0 Å². The zero-order valence-corrected chi connectivity index (χ0v) is 8.44. The molecule has 14 heavy (non-hydrogen) atoms. The van der Waals surface area contributed by atoms with Gasteiger partial charge in [0.2, 0.25) is 5.91 Å². The second-order valence-electron chi connectivity index (χ2n) is 3.16. The maximum absolute atomic E-state index is 11.3. The van der Waals surface area contributed by atoms with Crippen LogP contribution in [0, 0.1) is 0 Å². The molecular formula is C12H15NO. The lowest BCUT2D eigenvalue weighted by Crippen LogP contribution is -1.98. The molecule has 1 aromatic rings. The van der Waals surface area contributed by atoms with E-state index in [1.54, 1.807) is 6.21 Å². The van der Waals surface area contributed by atoms with Gasteiger partial charge in [-0.25, -0.2) is 4.99 Å². The van der Waals surface area contributed by atoms with Crippen LogP contribution in [0.25, 0.3) is 0 Å². The minimum absolute atomic E-state index is 0.0651. The topological polar surface area (TPSA) is 29.4 Å². The average molecular weight is 189 g/mol. The molecule has 0 saturated carbocycles. The Morgan fingerprint density at radius 3 is 2.71 bits per heavy atom. The van der Waals surface area contributed by atoms with Crippen molar-refractivity contribution in [2.75, 3.05) is 0 Å². The van der Waals surface area contributed by atoms with Crippen LogP contribution in [0.3, 0.4) is 0 Å². The van der Waals surface area contributed by atoms with Crippen LogP contribution >= 0.6 is 0 Å². The maximum Gasteiger partial charge on any atom is 0.249 e. The highest BCUT2D eigenvalue weighted by atomic mass is 16.1. The second kappa shape index (κ2) is 6.08. The molecule has 0 saturated heterocycles. The van der Waals surface area contributed by atoms with Gasteiger partial charge < -0.3 is 0 Å². The molecule has 1 rings (SSSR count). The van der Waals surface area contributed by atoms with Crippen LogP contribution in [0.2, 0.25) is 0 Å². The van der Waals surface area contributed by atoms with Gasteiger partial charge in [0.05, 0.1) is 6.42 Å². The Bertz CT molecular complexity index is 303. The summed E-state index contributed by atoms with van der Waals surface area (Å²) in [5.74, 6) is -0.0651. The van der Waals surface area contributed by atoms with Gasteiger partial charge in [-0.05, 0) is 12.0 Å². The third-order valence-corrected chi connectivity index (χ3v) is 1.85. The normalized spacial score (nSPS) is 10.6. The van der Waals surface area contributed by atoms with Gasteiger partial charge in [-0.15, -0.1) is 0 Å². The number of nitrogens with zero attached hydrogens (tertiary/aromatic N) is 1. The molecule has 0 aliphatic rings. The van der Waals surface area contributed by atoms with Crippen LogP contribution in [0.5, 0.6) is 0 Å². The fraction of sp³-hybridized carbons (Fsp3) is 0.333. The van der Waals surface area contributed by atoms with Gasteiger partial charge in [-0.3, -0.25) is 4.79 Å². The van der Waals surface area contributed by atoms with Gasteiger partial charge >= 0.3 is 0 Å². The van der Waals surface area contributed by atoms with Crippen molar-refractivity contribution in [1.82, 2.24) is 0 Å². The summed E-state index contributed by atoms with van der Waals surface area (Å²) >= 11 is 0. The van der Waals surface area contributed by atoms with Crippen LogP contribution < -0.4 is 0 Å². The molecule has 0 N–H and O–H groups in total. The van der Waals surface area contributed by atoms with Gasteiger partial charge in [0.25, 0.3) is 0 Å². The minimum Gasteiger partial charge on any atom is -0.272 e. The van der Waals surface area contributed by atoms with Crippen molar-refractivity contribution in [3.8, 4) is 0 Å². The van der Waals surface area contributed by atoms with E-state index in [-0.39, 0.29) is 5.91 Å². The Hall–Kier alpha value is -1.44. The van der Waals surface area contributed by atoms with E-state index in [1.165, 1.54) is 0 Å². The average Bonchev–Trinajstić information content (AvgIpc) is 2.20. The molecule has 0 fully saturated rings. The van der Waals surface area contributed by atoms with Gasteiger partial charge in [0.1, 0.15) is 0 Å². The molecule has 2 nitrogen and oxygen atoms in total. The summed E-state index contributed by atoms with van der Waals surface area (Å²) < 4.78 is 0. The van der Waals surface area contributed by atoms with Crippen LogP contribution in [-0.2, 0) is 11.2 Å². The first-order valence-electron chi connectivity index (χ1n) is 4.92.